The number of piperidine rings is 1. The van der Waals surface area contributed by atoms with Gasteiger partial charge in [-0.15, -0.1) is 0 Å². The molecule has 1 aromatic carbocycles. The number of hydrogen-bond acceptors (Lipinski definition) is 3. The predicted octanol–water partition coefficient (Wildman–Crippen LogP) is 3.17. The van der Waals surface area contributed by atoms with Crippen molar-refractivity contribution in [3.63, 3.8) is 0 Å². The molecule has 126 valence electrons. The first-order valence-electron chi connectivity index (χ1n) is 8.14. The lowest BCUT2D eigenvalue weighted by atomic mass is 9.92. The van der Waals surface area contributed by atoms with Crippen LogP contribution in [0.3, 0.4) is 0 Å². The fourth-order valence-electron chi connectivity index (χ4n) is 3.01. The number of benzene rings is 1. The third kappa shape index (κ3) is 4.79. The third-order valence-electron chi connectivity index (χ3n) is 4.55. The van der Waals surface area contributed by atoms with Gasteiger partial charge in [0.05, 0.1) is 6.10 Å². The molecule has 0 radical (unpaired) electrons. The van der Waals surface area contributed by atoms with E-state index >= 15 is 0 Å². The van der Waals surface area contributed by atoms with Crippen molar-refractivity contribution in [2.24, 2.45) is 11.8 Å². The Morgan fingerprint density at radius 1 is 1.30 bits per heavy atom. The molecule has 3 atom stereocenters. The highest BCUT2D eigenvalue weighted by molar-refractivity contribution is 6.30. The summed E-state index contributed by atoms with van der Waals surface area (Å²) >= 11 is 5.83. The van der Waals surface area contributed by atoms with E-state index in [0.29, 0.717) is 23.7 Å². The Morgan fingerprint density at radius 3 is 2.57 bits per heavy atom. The summed E-state index contributed by atoms with van der Waals surface area (Å²) in [6, 6.07) is 6.74. The predicted molar refractivity (Wildman–Crippen MR) is 90.5 cm³/mol. The fourth-order valence-corrected chi connectivity index (χ4v) is 3.14. The van der Waals surface area contributed by atoms with Crippen molar-refractivity contribution in [1.29, 1.82) is 0 Å². The maximum absolute atomic E-state index is 12.4. The largest absolute Gasteiger partial charge is 0.393 e. The van der Waals surface area contributed by atoms with Crippen LogP contribution in [0.2, 0.25) is 5.02 Å². The summed E-state index contributed by atoms with van der Waals surface area (Å²) in [5, 5.41) is 10.3. The lowest BCUT2D eigenvalue weighted by Crippen LogP contribution is -2.43. The molecule has 1 aliphatic heterocycles. The van der Waals surface area contributed by atoms with E-state index in [1.165, 1.54) is 0 Å². The molecule has 0 bridgehead atoms. The zero-order valence-corrected chi connectivity index (χ0v) is 14.4. The van der Waals surface area contributed by atoms with Gasteiger partial charge in [0.15, 0.2) is 5.78 Å². The van der Waals surface area contributed by atoms with Crippen LogP contribution in [-0.2, 0) is 4.79 Å². The number of carbonyl (C=O) groups is 2. The Labute approximate surface area is 142 Å². The molecule has 5 heteroatoms. The number of rotatable bonds is 5. The van der Waals surface area contributed by atoms with Crippen LogP contribution in [0.15, 0.2) is 24.3 Å². The molecule has 1 heterocycles. The van der Waals surface area contributed by atoms with Crippen LogP contribution in [0.4, 0.5) is 0 Å². The second-order valence-electron chi connectivity index (χ2n) is 6.46. The highest BCUT2D eigenvalue weighted by atomic mass is 35.5. The molecule has 0 aromatic heterocycles. The molecule has 1 fully saturated rings. The quantitative estimate of drug-likeness (QED) is 0.840. The van der Waals surface area contributed by atoms with Gasteiger partial charge in [0, 0.05) is 41.9 Å². The van der Waals surface area contributed by atoms with Crippen molar-refractivity contribution in [3.8, 4) is 0 Å². The standard InChI is InChI=1S/C18H24ClNO3/c1-12(18(23)14-5-7-16(19)8-6-14)10-17(22)20-9-3-4-15(11-20)13(2)21/h5-8,12-13,15,21H,3-4,9-11H2,1-2H3. The number of Topliss-reactive ketones (excluding diaryl/α,β-unsaturated/α-hetero) is 1. The Bertz CT molecular complexity index is 556. The number of halogens is 1. The normalized spacial score (nSPS) is 20.9. The molecular formula is C18H24ClNO3. The van der Waals surface area contributed by atoms with Crippen molar-refractivity contribution in [3.05, 3.63) is 34.9 Å². The number of likely N-dealkylation sites (tertiary alicyclic amines) is 1. The van der Waals surface area contributed by atoms with E-state index in [0.717, 1.165) is 12.8 Å². The monoisotopic (exact) mass is 337 g/mol. The minimum absolute atomic E-state index is 0.00911. The maximum atomic E-state index is 12.4. The maximum Gasteiger partial charge on any atom is 0.223 e. The van der Waals surface area contributed by atoms with Crippen LogP contribution in [0.25, 0.3) is 0 Å². The van der Waals surface area contributed by atoms with Gasteiger partial charge in [-0.05, 0) is 44.0 Å². The molecule has 23 heavy (non-hydrogen) atoms. The van der Waals surface area contributed by atoms with E-state index in [1.54, 1.807) is 43.0 Å². The fraction of sp³-hybridized carbons (Fsp3) is 0.556. The van der Waals surface area contributed by atoms with Gasteiger partial charge < -0.3 is 10.0 Å². The van der Waals surface area contributed by atoms with Gasteiger partial charge in [-0.25, -0.2) is 0 Å². The Balaban J connectivity index is 1.93. The molecule has 2 rings (SSSR count). The summed E-state index contributed by atoms with van der Waals surface area (Å²) in [5.41, 5.74) is 0.579. The van der Waals surface area contributed by atoms with E-state index < -0.39 is 6.10 Å². The minimum atomic E-state index is -0.404. The number of nitrogens with zero attached hydrogens (tertiary/aromatic N) is 1. The number of aliphatic hydroxyl groups is 1. The van der Waals surface area contributed by atoms with E-state index in [2.05, 4.69) is 0 Å². The minimum Gasteiger partial charge on any atom is -0.393 e. The number of ketones is 1. The summed E-state index contributed by atoms with van der Waals surface area (Å²) < 4.78 is 0. The summed E-state index contributed by atoms with van der Waals surface area (Å²) in [5.74, 6) is -0.283. The van der Waals surface area contributed by atoms with Crippen LogP contribution in [0, 0.1) is 11.8 Å². The summed E-state index contributed by atoms with van der Waals surface area (Å²) in [6.07, 6.45) is 1.65. The van der Waals surface area contributed by atoms with Crippen LogP contribution < -0.4 is 0 Å². The first-order valence-corrected chi connectivity index (χ1v) is 8.52. The van der Waals surface area contributed by atoms with Gasteiger partial charge in [-0.3, -0.25) is 9.59 Å². The Hall–Kier alpha value is -1.39. The molecule has 0 aliphatic carbocycles. The number of hydrogen-bond donors (Lipinski definition) is 1. The van der Waals surface area contributed by atoms with Crippen LogP contribution in [0.1, 0.15) is 43.5 Å². The van der Waals surface area contributed by atoms with Crippen molar-refractivity contribution >= 4 is 23.3 Å². The smallest absolute Gasteiger partial charge is 0.223 e. The summed E-state index contributed by atoms with van der Waals surface area (Å²) in [7, 11) is 0. The Kier molecular flexibility index (Phi) is 6.19. The van der Waals surface area contributed by atoms with Crippen molar-refractivity contribution in [2.75, 3.05) is 13.1 Å². The molecule has 1 N–H and O–H groups in total. The van der Waals surface area contributed by atoms with Crippen LogP contribution in [0.5, 0.6) is 0 Å². The Morgan fingerprint density at radius 2 is 1.96 bits per heavy atom. The summed E-state index contributed by atoms with van der Waals surface area (Å²) in [6.45, 7) is 4.85. The highest BCUT2D eigenvalue weighted by Gasteiger charge is 2.28. The lowest BCUT2D eigenvalue weighted by Gasteiger charge is -2.34. The molecule has 1 aliphatic rings. The molecular weight excluding hydrogens is 314 g/mol. The molecule has 1 saturated heterocycles. The molecule has 0 spiro atoms. The van der Waals surface area contributed by atoms with Crippen molar-refractivity contribution in [2.45, 2.75) is 39.2 Å². The van der Waals surface area contributed by atoms with Gasteiger partial charge in [-0.2, -0.15) is 0 Å². The molecule has 0 saturated carbocycles. The summed E-state index contributed by atoms with van der Waals surface area (Å²) in [4.78, 5) is 26.6. The number of aliphatic hydroxyl groups excluding tert-OH is 1. The van der Waals surface area contributed by atoms with Crippen LogP contribution in [-0.4, -0.2) is 40.9 Å². The third-order valence-corrected chi connectivity index (χ3v) is 4.80. The molecule has 3 unspecified atom stereocenters. The van der Waals surface area contributed by atoms with Crippen molar-refractivity contribution < 1.29 is 14.7 Å². The van der Waals surface area contributed by atoms with E-state index in [4.69, 9.17) is 11.6 Å². The van der Waals surface area contributed by atoms with Gasteiger partial charge >= 0.3 is 0 Å². The lowest BCUT2D eigenvalue weighted by molar-refractivity contribution is -0.134. The first kappa shape index (κ1) is 18.0. The topological polar surface area (TPSA) is 57.6 Å². The molecule has 1 aromatic rings. The van der Waals surface area contributed by atoms with Crippen LogP contribution >= 0.6 is 11.6 Å². The van der Waals surface area contributed by atoms with Crippen molar-refractivity contribution in [1.82, 2.24) is 4.90 Å². The van der Waals surface area contributed by atoms with E-state index in [1.807, 2.05) is 0 Å². The molecule has 4 nitrogen and oxygen atoms in total. The SMILES string of the molecule is CC(CC(=O)N1CCCC(C(C)O)C1)C(=O)c1ccc(Cl)cc1. The average molecular weight is 338 g/mol. The highest BCUT2D eigenvalue weighted by Crippen LogP contribution is 2.22. The average Bonchev–Trinajstić information content (AvgIpc) is 2.54. The van der Waals surface area contributed by atoms with E-state index in [9.17, 15) is 14.7 Å². The number of amides is 1. The zero-order valence-electron chi connectivity index (χ0n) is 13.7. The van der Waals surface area contributed by atoms with Gasteiger partial charge in [0.25, 0.3) is 0 Å². The van der Waals surface area contributed by atoms with Gasteiger partial charge in [-0.1, -0.05) is 18.5 Å². The second kappa shape index (κ2) is 7.93. The number of carbonyl (C=O) groups excluding carboxylic acids is 2. The van der Waals surface area contributed by atoms with Gasteiger partial charge in [0.2, 0.25) is 5.91 Å². The first-order chi connectivity index (χ1) is 10.9. The van der Waals surface area contributed by atoms with E-state index in [-0.39, 0.29) is 29.9 Å². The second-order valence-corrected chi connectivity index (χ2v) is 6.90. The molecule has 1 amide bonds. The van der Waals surface area contributed by atoms with Gasteiger partial charge in [0.1, 0.15) is 0 Å². The zero-order chi connectivity index (χ0) is 17.0.